The lowest BCUT2D eigenvalue weighted by Gasteiger charge is -2.08. The zero-order valence-electron chi connectivity index (χ0n) is 11.1. The summed E-state index contributed by atoms with van der Waals surface area (Å²) in [6, 6.07) is 7.10. The van der Waals surface area contributed by atoms with Crippen LogP contribution in [0.3, 0.4) is 0 Å². The minimum Gasteiger partial charge on any atom is -0.481 e. The molecule has 0 fully saturated rings. The average molecular weight is 313 g/mol. The third kappa shape index (κ3) is 2.81. The molecule has 0 amide bonds. The van der Waals surface area contributed by atoms with Crippen LogP contribution in [0.1, 0.15) is 31.0 Å². The smallest absolute Gasteiger partial charge is 0.307 e. The van der Waals surface area contributed by atoms with E-state index in [9.17, 15) is 4.79 Å². The van der Waals surface area contributed by atoms with Crippen LogP contribution in [-0.4, -0.2) is 20.9 Å². The van der Waals surface area contributed by atoms with Gasteiger partial charge in [0.05, 0.1) is 17.8 Å². The largest absolute Gasteiger partial charge is 0.481 e. The fourth-order valence-electron chi connectivity index (χ4n) is 1.95. The SMILES string of the molecule is CC(C)c1nn(-c2ccccc2CC(=O)O)c(Cl)c1Cl. The van der Waals surface area contributed by atoms with Gasteiger partial charge in [-0.1, -0.05) is 55.2 Å². The van der Waals surface area contributed by atoms with Crippen molar-refractivity contribution in [3.8, 4) is 5.69 Å². The molecular weight excluding hydrogens is 299 g/mol. The third-order valence-electron chi connectivity index (χ3n) is 2.91. The van der Waals surface area contributed by atoms with E-state index in [-0.39, 0.29) is 12.3 Å². The van der Waals surface area contributed by atoms with Gasteiger partial charge in [0.15, 0.2) is 5.15 Å². The molecule has 106 valence electrons. The maximum Gasteiger partial charge on any atom is 0.307 e. The van der Waals surface area contributed by atoms with E-state index in [1.807, 2.05) is 19.9 Å². The third-order valence-corrected chi connectivity index (χ3v) is 3.73. The van der Waals surface area contributed by atoms with Gasteiger partial charge in [0.2, 0.25) is 0 Å². The van der Waals surface area contributed by atoms with Gasteiger partial charge in [0, 0.05) is 0 Å². The fourth-order valence-corrected chi connectivity index (χ4v) is 2.51. The molecule has 1 N–H and O–H groups in total. The Morgan fingerprint density at radius 1 is 1.35 bits per heavy atom. The van der Waals surface area contributed by atoms with E-state index in [1.54, 1.807) is 18.2 Å². The number of carbonyl (C=O) groups is 1. The van der Waals surface area contributed by atoms with Gasteiger partial charge in [-0.3, -0.25) is 4.79 Å². The maximum absolute atomic E-state index is 10.9. The molecule has 0 aliphatic rings. The molecular formula is C14H14Cl2N2O2. The van der Waals surface area contributed by atoms with Gasteiger partial charge in [-0.2, -0.15) is 5.10 Å². The Hall–Kier alpha value is -1.52. The van der Waals surface area contributed by atoms with E-state index < -0.39 is 5.97 Å². The van der Waals surface area contributed by atoms with E-state index in [4.69, 9.17) is 28.3 Å². The second kappa shape index (κ2) is 5.85. The number of carboxylic acid groups (broad SMARTS) is 1. The standard InChI is InChI=1S/C14H14Cl2N2O2/c1-8(2)13-12(15)14(16)18(17-13)10-6-4-3-5-9(10)7-11(19)20/h3-6,8H,7H2,1-2H3,(H,19,20). The highest BCUT2D eigenvalue weighted by Crippen LogP contribution is 2.33. The predicted octanol–water partition coefficient (Wildman–Crippen LogP) is 3.93. The normalized spacial score (nSPS) is 11.1. The highest BCUT2D eigenvalue weighted by Gasteiger charge is 2.19. The molecule has 4 nitrogen and oxygen atoms in total. The van der Waals surface area contributed by atoms with Crippen LogP contribution in [0.2, 0.25) is 10.2 Å². The van der Waals surface area contributed by atoms with Crippen LogP contribution in [0.25, 0.3) is 5.69 Å². The molecule has 0 saturated carbocycles. The molecule has 0 saturated heterocycles. The summed E-state index contributed by atoms with van der Waals surface area (Å²) >= 11 is 12.4. The first kappa shape index (κ1) is 14.9. The molecule has 20 heavy (non-hydrogen) atoms. The molecule has 0 radical (unpaired) electrons. The molecule has 0 aliphatic heterocycles. The molecule has 1 heterocycles. The minimum absolute atomic E-state index is 0.0962. The van der Waals surface area contributed by atoms with Crippen LogP contribution in [0, 0.1) is 0 Å². The van der Waals surface area contributed by atoms with Gasteiger partial charge in [-0.15, -0.1) is 0 Å². The number of hydrogen-bond acceptors (Lipinski definition) is 2. The molecule has 0 unspecified atom stereocenters. The molecule has 1 aromatic carbocycles. The number of aromatic nitrogens is 2. The molecule has 0 bridgehead atoms. The summed E-state index contributed by atoms with van der Waals surface area (Å²) in [5.74, 6) is -0.774. The van der Waals surface area contributed by atoms with E-state index >= 15 is 0 Å². The number of hydrogen-bond donors (Lipinski definition) is 1. The summed E-state index contributed by atoms with van der Waals surface area (Å²) in [4.78, 5) is 10.9. The predicted molar refractivity (Wildman–Crippen MR) is 79.0 cm³/mol. The molecule has 0 aliphatic carbocycles. The van der Waals surface area contributed by atoms with Crippen LogP contribution in [0.4, 0.5) is 0 Å². The van der Waals surface area contributed by atoms with Gasteiger partial charge in [0.25, 0.3) is 0 Å². The second-order valence-corrected chi connectivity index (χ2v) is 5.49. The van der Waals surface area contributed by atoms with E-state index in [0.29, 0.717) is 27.1 Å². The number of aliphatic carboxylic acids is 1. The summed E-state index contributed by atoms with van der Waals surface area (Å²) in [6.07, 6.45) is -0.0962. The maximum atomic E-state index is 10.9. The van der Waals surface area contributed by atoms with Gasteiger partial charge >= 0.3 is 5.97 Å². The number of rotatable bonds is 4. The lowest BCUT2D eigenvalue weighted by atomic mass is 10.1. The number of nitrogens with zero attached hydrogens (tertiary/aromatic N) is 2. The van der Waals surface area contributed by atoms with Crippen molar-refractivity contribution in [1.82, 2.24) is 9.78 Å². The Bertz CT molecular complexity index is 651. The average Bonchev–Trinajstić information content (AvgIpc) is 2.67. The first-order valence-electron chi connectivity index (χ1n) is 6.15. The zero-order chi connectivity index (χ0) is 14.9. The van der Waals surface area contributed by atoms with Gasteiger partial charge in [-0.05, 0) is 17.5 Å². The van der Waals surface area contributed by atoms with Crippen molar-refractivity contribution < 1.29 is 9.90 Å². The Labute approximate surface area is 126 Å². The number of carboxylic acids is 1. The minimum atomic E-state index is -0.907. The first-order chi connectivity index (χ1) is 9.41. The van der Waals surface area contributed by atoms with Crippen molar-refractivity contribution in [1.29, 1.82) is 0 Å². The van der Waals surface area contributed by atoms with Crippen molar-refractivity contribution in [3.63, 3.8) is 0 Å². The molecule has 0 atom stereocenters. The van der Waals surface area contributed by atoms with E-state index in [1.165, 1.54) is 4.68 Å². The molecule has 2 rings (SSSR count). The first-order valence-corrected chi connectivity index (χ1v) is 6.91. The molecule has 6 heteroatoms. The number of halogens is 2. The highest BCUT2D eigenvalue weighted by atomic mass is 35.5. The Kier molecular flexibility index (Phi) is 4.35. The Morgan fingerprint density at radius 2 is 2.00 bits per heavy atom. The molecule has 0 spiro atoms. The summed E-state index contributed by atoms with van der Waals surface area (Å²) in [7, 11) is 0. The monoisotopic (exact) mass is 312 g/mol. The summed E-state index contributed by atoms with van der Waals surface area (Å²) in [6.45, 7) is 3.94. The zero-order valence-corrected chi connectivity index (χ0v) is 12.6. The van der Waals surface area contributed by atoms with Crippen LogP contribution in [-0.2, 0) is 11.2 Å². The van der Waals surface area contributed by atoms with Crippen LogP contribution < -0.4 is 0 Å². The topological polar surface area (TPSA) is 55.1 Å². The van der Waals surface area contributed by atoms with E-state index in [0.717, 1.165) is 0 Å². The Morgan fingerprint density at radius 3 is 2.55 bits per heavy atom. The van der Waals surface area contributed by atoms with Crippen LogP contribution >= 0.6 is 23.2 Å². The summed E-state index contributed by atoms with van der Waals surface area (Å²) < 4.78 is 1.50. The molecule has 2 aromatic rings. The molecule has 1 aromatic heterocycles. The van der Waals surface area contributed by atoms with Crippen molar-refractivity contribution >= 4 is 29.2 Å². The second-order valence-electron chi connectivity index (χ2n) is 4.76. The lowest BCUT2D eigenvalue weighted by Crippen LogP contribution is -2.07. The Balaban J connectivity index is 2.57. The number of para-hydroxylation sites is 1. The van der Waals surface area contributed by atoms with Crippen molar-refractivity contribution in [2.24, 2.45) is 0 Å². The van der Waals surface area contributed by atoms with Gasteiger partial charge in [-0.25, -0.2) is 4.68 Å². The van der Waals surface area contributed by atoms with Gasteiger partial charge < -0.3 is 5.11 Å². The van der Waals surface area contributed by atoms with Crippen molar-refractivity contribution in [3.05, 3.63) is 45.7 Å². The van der Waals surface area contributed by atoms with E-state index in [2.05, 4.69) is 5.10 Å². The van der Waals surface area contributed by atoms with Crippen molar-refractivity contribution in [2.75, 3.05) is 0 Å². The lowest BCUT2D eigenvalue weighted by molar-refractivity contribution is -0.136. The summed E-state index contributed by atoms with van der Waals surface area (Å²) in [5.41, 5.74) is 1.96. The van der Waals surface area contributed by atoms with Crippen molar-refractivity contribution in [2.45, 2.75) is 26.2 Å². The van der Waals surface area contributed by atoms with Crippen LogP contribution in [0.15, 0.2) is 24.3 Å². The van der Waals surface area contributed by atoms with Gasteiger partial charge in [0.1, 0.15) is 5.02 Å². The quantitative estimate of drug-likeness (QED) is 0.930. The number of benzene rings is 1. The highest BCUT2D eigenvalue weighted by molar-refractivity contribution is 6.42. The summed E-state index contributed by atoms with van der Waals surface area (Å²) in [5, 5.41) is 14.1. The van der Waals surface area contributed by atoms with Crippen LogP contribution in [0.5, 0.6) is 0 Å². The fraction of sp³-hybridized carbons (Fsp3) is 0.286.